The zero-order valence-electron chi connectivity index (χ0n) is 13.4. The topological polar surface area (TPSA) is 70.9 Å². The Hall–Kier alpha value is -1.36. The van der Waals surface area contributed by atoms with Crippen LogP contribution in [0.3, 0.4) is 0 Å². The minimum absolute atomic E-state index is 0.102. The monoisotopic (exact) mass is 291 g/mol. The lowest BCUT2D eigenvalue weighted by molar-refractivity contribution is 0.256. The Labute approximate surface area is 128 Å². The van der Waals surface area contributed by atoms with Gasteiger partial charge in [-0.15, -0.1) is 0 Å². The smallest absolute Gasteiger partial charge is 0.0947 e. The van der Waals surface area contributed by atoms with E-state index < -0.39 is 0 Å². The predicted molar refractivity (Wildman–Crippen MR) is 86.4 cm³/mol. The van der Waals surface area contributed by atoms with Crippen LogP contribution in [0.1, 0.15) is 57.7 Å². The van der Waals surface area contributed by atoms with Crippen LogP contribution in [0, 0.1) is 11.3 Å². The molecule has 1 unspecified atom stereocenters. The minimum Gasteiger partial charge on any atom is -0.387 e. The van der Waals surface area contributed by atoms with Crippen molar-refractivity contribution in [1.29, 1.82) is 5.41 Å². The Morgan fingerprint density at radius 1 is 1.48 bits per heavy atom. The highest BCUT2D eigenvalue weighted by molar-refractivity contribution is 5.79. The maximum atomic E-state index is 7.52. The molecule has 1 heterocycles. The molecule has 21 heavy (non-hydrogen) atoms. The standard InChI is InChI=1S/C16H29N5/c1-3-20(11-13(2)16(17)18)12-14-9-10-21(19-14)15-7-5-4-6-8-15/h9-10,13,15H,3-8,11-12H2,1-2H3,(H3,17,18). The van der Waals surface area contributed by atoms with Crippen molar-refractivity contribution in [2.24, 2.45) is 11.7 Å². The number of hydrogen-bond donors (Lipinski definition) is 2. The van der Waals surface area contributed by atoms with E-state index in [9.17, 15) is 0 Å². The first kappa shape index (κ1) is 16.0. The van der Waals surface area contributed by atoms with Gasteiger partial charge in [-0.2, -0.15) is 5.10 Å². The second kappa shape index (κ2) is 7.59. The fourth-order valence-corrected chi connectivity index (χ4v) is 3.03. The SMILES string of the molecule is CCN(Cc1ccn(C2CCCCC2)n1)CC(C)C(=N)N. The van der Waals surface area contributed by atoms with E-state index in [0.717, 1.165) is 25.3 Å². The summed E-state index contributed by atoms with van der Waals surface area (Å²) in [5.74, 6) is 0.367. The fourth-order valence-electron chi connectivity index (χ4n) is 3.03. The molecule has 118 valence electrons. The largest absolute Gasteiger partial charge is 0.387 e. The van der Waals surface area contributed by atoms with Crippen molar-refractivity contribution in [3.63, 3.8) is 0 Å². The lowest BCUT2D eigenvalue weighted by atomic mass is 9.96. The maximum absolute atomic E-state index is 7.52. The summed E-state index contributed by atoms with van der Waals surface area (Å²) in [4.78, 5) is 2.31. The van der Waals surface area contributed by atoms with E-state index in [4.69, 9.17) is 16.2 Å². The highest BCUT2D eigenvalue weighted by Crippen LogP contribution is 2.27. The van der Waals surface area contributed by atoms with Gasteiger partial charge in [0.2, 0.25) is 0 Å². The minimum atomic E-state index is 0.102. The first-order valence-corrected chi connectivity index (χ1v) is 8.20. The van der Waals surface area contributed by atoms with Crippen LogP contribution in [0.2, 0.25) is 0 Å². The van der Waals surface area contributed by atoms with Crippen LogP contribution in [-0.4, -0.2) is 33.6 Å². The summed E-state index contributed by atoms with van der Waals surface area (Å²) in [6.07, 6.45) is 8.69. The van der Waals surface area contributed by atoms with E-state index in [1.54, 1.807) is 0 Å². The van der Waals surface area contributed by atoms with Crippen LogP contribution >= 0.6 is 0 Å². The number of nitrogens with two attached hydrogens (primary N) is 1. The first-order chi connectivity index (χ1) is 10.1. The average Bonchev–Trinajstić information content (AvgIpc) is 2.95. The normalized spacial score (nSPS) is 18.0. The predicted octanol–water partition coefficient (Wildman–Crippen LogP) is 2.78. The van der Waals surface area contributed by atoms with E-state index in [1.807, 2.05) is 6.92 Å². The van der Waals surface area contributed by atoms with Crippen molar-refractivity contribution in [2.45, 2.75) is 58.5 Å². The number of aromatic nitrogens is 2. The number of amidine groups is 1. The Morgan fingerprint density at radius 3 is 2.81 bits per heavy atom. The van der Waals surface area contributed by atoms with Crippen LogP contribution in [0.5, 0.6) is 0 Å². The molecule has 1 aliphatic rings. The molecule has 2 rings (SSSR count). The fraction of sp³-hybridized carbons (Fsp3) is 0.750. The van der Waals surface area contributed by atoms with Gasteiger partial charge in [-0.1, -0.05) is 33.1 Å². The molecule has 0 saturated heterocycles. The molecule has 0 aliphatic heterocycles. The highest BCUT2D eigenvalue weighted by atomic mass is 15.3. The van der Waals surface area contributed by atoms with Gasteiger partial charge in [0, 0.05) is 25.2 Å². The lowest BCUT2D eigenvalue weighted by Gasteiger charge is -2.23. The van der Waals surface area contributed by atoms with E-state index >= 15 is 0 Å². The van der Waals surface area contributed by atoms with Gasteiger partial charge in [0.25, 0.3) is 0 Å². The molecule has 1 aromatic heterocycles. The van der Waals surface area contributed by atoms with Gasteiger partial charge >= 0.3 is 0 Å². The highest BCUT2D eigenvalue weighted by Gasteiger charge is 2.17. The van der Waals surface area contributed by atoms with Gasteiger partial charge in [0.15, 0.2) is 0 Å². The van der Waals surface area contributed by atoms with Crippen molar-refractivity contribution in [3.05, 3.63) is 18.0 Å². The van der Waals surface area contributed by atoms with E-state index in [2.05, 4.69) is 28.8 Å². The van der Waals surface area contributed by atoms with Gasteiger partial charge in [-0.3, -0.25) is 15.0 Å². The third-order valence-corrected chi connectivity index (χ3v) is 4.51. The van der Waals surface area contributed by atoms with Crippen LogP contribution in [0.4, 0.5) is 0 Å². The third kappa shape index (κ3) is 4.56. The quantitative estimate of drug-likeness (QED) is 0.599. The molecule has 1 saturated carbocycles. The molecule has 5 nitrogen and oxygen atoms in total. The molecule has 0 aromatic carbocycles. The second-order valence-electron chi connectivity index (χ2n) is 6.26. The zero-order chi connectivity index (χ0) is 15.2. The molecule has 1 atom stereocenters. The van der Waals surface area contributed by atoms with E-state index in [1.165, 1.54) is 32.1 Å². The molecule has 0 radical (unpaired) electrons. The molecule has 0 spiro atoms. The molecule has 1 aromatic rings. The summed E-state index contributed by atoms with van der Waals surface area (Å²) in [6, 6.07) is 2.73. The zero-order valence-corrected chi connectivity index (χ0v) is 13.4. The van der Waals surface area contributed by atoms with Gasteiger partial charge in [-0.05, 0) is 25.5 Å². The summed E-state index contributed by atoms with van der Waals surface area (Å²) < 4.78 is 2.16. The molecule has 0 bridgehead atoms. The third-order valence-electron chi connectivity index (χ3n) is 4.51. The summed E-state index contributed by atoms with van der Waals surface area (Å²) in [7, 11) is 0. The molecule has 0 amide bonds. The Morgan fingerprint density at radius 2 is 2.19 bits per heavy atom. The first-order valence-electron chi connectivity index (χ1n) is 8.20. The van der Waals surface area contributed by atoms with Crippen molar-refractivity contribution in [3.8, 4) is 0 Å². The van der Waals surface area contributed by atoms with Gasteiger partial charge in [-0.25, -0.2) is 0 Å². The van der Waals surface area contributed by atoms with Gasteiger partial charge in [0.1, 0.15) is 0 Å². The second-order valence-corrected chi connectivity index (χ2v) is 6.26. The summed E-state index contributed by atoms with van der Waals surface area (Å²) in [5, 5.41) is 12.3. The van der Waals surface area contributed by atoms with Gasteiger partial charge in [0.05, 0.1) is 17.6 Å². The molecular formula is C16H29N5. The van der Waals surface area contributed by atoms with Crippen molar-refractivity contribution in [2.75, 3.05) is 13.1 Å². The van der Waals surface area contributed by atoms with E-state index in [-0.39, 0.29) is 11.8 Å². The maximum Gasteiger partial charge on any atom is 0.0947 e. The molecule has 5 heteroatoms. The number of nitrogens with zero attached hydrogens (tertiary/aromatic N) is 3. The Balaban J connectivity index is 1.92. The summed E-state index contributed by atoms with van der Waals surface area (Å²) >= 11 is 0. The molecule has 1 fully saturated rings. The average molecular weight is 291 g/mol. The van der Waals surface area contributed by atoms with Crippen LogP contribution in [0.15, 0.2) is 12.3 Å². The summed E-state index contributed by atoms with van der Waals surface area (Å²) in [6.45, 7) is 6.76. The molecule has 1 aliphatic carbocycles. The summed E-state index contributed by atoms with van der Waals surface area (Å²) in [5.41, 5.74) is 6.69. The molecular weight excluding hydrogens is 262 g/mol. The van der Waals surface area contributed by atoms with Crippen LogP contribution in [0.25, 0.3) is 0 Å². The number of hydrogen-bond acceptors (Lipinski definition) is 3. The number of rotatable bonds is 7. The van der Waals surface area contributed by atoms with Crippen molar-refractivity contribution < 1.29 is 0 Å². The number of nitrogens with one attached hydrogen (secondary N) is 1. The van der Waals surface area contributed by atoms with E-state index in [0.29, 0.717) is 6.04 Å². The molecule has 3 N–H and O–H groups in total. The Kier molecular flexibility index (Phi) is 5.79. The lowest BCUT2D eigenvalue weighted by Crippen LogP contribution is -2.34. The van der Waals surface area contributed by atoms with Crippen molar-refractivity contribution >= 4 is 5.84 Å². The van der Waals surface area contributed by atoms with Crippen LogP contribution in [-0.2, 0) is 6.54 Å². The van der Waals surface area contributed by atoms with Gasteiger partial charge < -0.3 is 5.73 Å². The Bertz CT molecular complexity index is 447. The van der Waals surface area contributed by atoms with Crippen molar-refractivity contribution in [1.82, 2.24) is 14.7 Å². The van der Waals surface area contributed by atoms with Crippen LogP contribution < -0.4 is 5.73 Å².